The van der Waals surface area contributed by atoms with Crippen LogP contribution in [0, 0.1) is 6.92 Å². The predicted octanol–water partition coefficient (Wildman–Crippen LogP) is 5.34. The van der Waals surface area contributed by atoms with Crippen molar-refractivity contribution in [2.45, 2.75) is 25.9 Å². The maximum absolute atomic E-state index is 12.7. The maximum Gasteiger partial charge on any atom is 0.226 e. The Bertz CT molecular complexity index is 1390. The molecule has 1 amide bonds. The van der Waals surface area contributed by atoms with E-state index in [1.54, 1.807) is 23.9 Å². The molecular weight excluding hydrogens is 489 g/mol. The molecule has 0 radical (unpaired) electrons. The van der Waals surface area contributed by atoms with Crippen LogP contribution in [0.5, 0.6) is 11.5 Å². The molecular formula is C25H21Cl2N5O3. The Morgan fingerprint density at radius 3 is 2.57 bits per heavy atom. The summed E-state index contributed by atoms with van der Waals surface area (Å²) < 4.78 is 13.2. The first-order valence-electron chi connectivity index (χ1n) is 10.9. The summed E-state index contributed by atoms with van der Waals surface area (Å²) in [7, 11) is 1.59. The van der Waals surface area contributed by atoms with Gasteiger partial charge in [0, 0.05) is 22.9 Å². The van der Waals surface area contributed by atoms with Crippen molar-refractivity contribution in [2.24, 2.45) is 0 Å². The van der Waals surface area contributed by atoms with Gasteiger partial charge in [-0.2, -0.15) is 9.78 Å². The van der Waals surface area contributed by atoms with Crippen molar-refractivity contribution in [3.63, 3.8) is 0 Å². The molecule has 178 valence electrons. The molecule has 0 bridgehead atoms. The minimum atomic E-state index is -0.216. The van der Waals surface area contributed by atoms with Gasteiger partial charge in [0.1, 0.15) is 12.4 Å². The van der Waals surface area contributed by atoms with Crippen molar-refractivity contribution < 1.29 is 14.3 Å². The number of carbonyl (C=O) groups is 1. The van der Waals surface area contributed by atoms with Gasteiger partial charge in [-0.25, -0.2) is 0 Å². The molecule has 5 rings (SSSR count). The Balaban J connectivity index is 1.47. The fourth-order valence-electron chi connectivity index (χ4n) is 4.18. The lowest BCUT2D eigenvalue weighted by Crippen LogP contribution is -2.25. The standard InChI is InChI=1S/C25H21Cl2N5O3/c1-14-24-18(12-23(33)28-25(24)32(31-14)22-10-9-21(27)29-30-22)16-5-8-19(20(11-16)34-2)35-13-15-3-6-17(26)7-4-15/h3-11,18H,12-13H2,1-2H3,(H,28,33). The van der Waals surface area contributed by atoms with E-state index in [0.717, 1.165) is 22.4 Å². The lowest BCUT2D eigenvalue weighted by atomic mass is 9.85. The molecule has 1 aliphatic rings. The lowest BCUT2D eigenvalue weighted by molar-refractivity contribution is -0.116. The summed E-state index contributed by atoms with van der Waals surface area (Å²) in [5.41, 5.74) is 3.60. The second-order valence-corrected chi connectivity index (χ2v) is 8.93. The first-order chi connectivity index (χ1) is 16.9. The highest BCUT2D eigenvalue weighted by molar-refractivity contribution is 6.30. The Morgan fingerprint density at radius 2 is 1.86 bits per heavy atom. The number of hydrogen-bond donors (Lipinski definition) is 1. The highest BCUT2D eigenvalue weighted by Gasteiger charge is 2.33. The van der Waals surface area contributed by atoms with E-state index < -0.39 is 0 Å². The van der Waals surface area contributed by atoms with Gasteiger partial charge in [-0.05, 0) is 54.4 Å². The monoisotopic (exact) mass is 509 g/mol. The predicted molar refractivity (Wildman–Crippen MR) is 133 cm³/mol. The molecule has 4 aromatic rings. The van der Waals surface area contributed by atoms with E-state index in [1.807, 2.05) is 49.4 Å². The van der Waals surface area contributed by atoms with Crippen LogP contribution < -0.4 is 14.8 Å². The van der Waals surface area contributed by atoms with E-state index in [9.17, 15) is 4.79 Å². The number of anilines is 1. The summed E-state index contributed by atoms with van der Waals surface area (Å²) in [6.07, 6.45) is 0.278. The fraction of sp³-hybridized carbons (Fsp3) is 0.200. The zero-order valence-corrected chi connectivity index (χ0v) is 20.5. The van der Waals surface area contributed by atoms with E-state index in [2.05, 4.69) is 20.6 Å². The van der Waals surface area contributed by atoms with Gasteiger partial charge in [0.2, 0.25) is 5.91 Å². The molecule has 1 atom stereocenters. The molecule has 0 saturated heterocycles. The Morgan fingerprint density at radius 1 is 1.06 bits per heavy atom. The van der Waals surface area contributed by atoms with Crippen molar-refractivity contribution in [1.29, 1.82) is 0 Å². The van der Waals surface area contributed by atoms with E-state index in [1.165, 1.54) is 0 Å². The van der Waals surface area contributed by atoms with Crippen LogP contribution in [0.3, 0.4) is 0 Å². The van der Waals surface area contributed by atoms with Crippen LogP contribution in [0.25, 0.3) is 5.82 Å². The van der Waals surface area contributed by atoms with Crippen LogP contribution in [0.4, 0.5) is 5.82 Å². The first kappa shape index (κ1) is 23.1. The zero-order chi connectivity index (χ0) is 24.5. The number of nitrogens with one attached hydrogen (secondary N) is 1. The number of aromatic nitrogens is 4. The van der Waals surface area contributed by atoms with Crippen LogP contribution >= 0.6 is 23.2 Å². The molecule has 0 spiro atoms. The van der Waals surface area contributed by atoms with Crippen molar-refractivity contribution in [3.05, 3.63) is 87.2 Å². The summed E-state index contributed by atoms with van der Waals surface area (Å²) in [5.74, 6) is 1.89. The summed E-state index contributed by atoms with van der Waals surface area (Å²) >= 11 is 11.8. The number of fused-ring (bicyclic) bond motifs is 1. The molecule has 1 unspecified atom stereocenters. The topological polar surface area (TPSA) is 91.2 Å². The van der Waals surface area contributed by atoms with Crippen molar-refractivity contribution in [2.75, 3.05) is 12.4 Å². The van der Waals surface area contributed by atoms with Gasteiger partial charge in [-0.15, -0.1) is 10.2 Å². The fourth-order valence-corrected chi connectivity index (χ4v) is 4.41. The Labute approximate surface area is 211 Å². The van der Waals surface area contributed by atoms with Gasteiger partial charge in [0.25, 0.3) is 0 Å². The maximum atomic E-state index is 12.7. The molecule has 35 heavy (non-hydrogen) atoms. The zero-order valence-electron chi connectivity index (χ0n) is 19.0. The van der Waals surface area contributed by atoms with E-state index >= 15 is 0 Å². The second-order valence-electron chi connectivity index (χ2n) is 8.10. The number of rotatable bonds is 6. The van der Waals surface area contributed by atoms with E-state index in [-0.39, 0.29) is 23.4 Å². The summed E-state index contributed by atoms with van der Waals surface area (Å²) in [6, 6.07) is 16.5. The van der Waals surface area contributed by atoms with Gasteiger partial charge >= 0.3 is 0 Å². The first-order valence-corrected chi connectivity index (χ1v) is 11.6. The summed E-state index contributed by atoms with van der Waals surface area (Å²) in [4.78, 5) is 12.7. The molecule has 0 aliphatic carbocycles. The number of methoxy groups -OCH3 is 1. The lowest BCUT2D eigenvalue weighted by Gasteiger charge is -2.25. The van der Waals surface area contributed by atoms with Crippen LogP contribution in [0.15, 0.2) is 54.6 Å². The van der Waals surface area contributed by atoms with Crippen LogP contribution in [-0.2, 0) is 11.4 Å². The molecule has 1 N–H and O–H groups in total. The molecule has 2 aromatic carbocycles. The van der Waals surface area contributed by atoms with Crippen molar-refractivity contribution >= 4 is 34.9 Å². The Kier molecular flexibility index (Phi) is 6.32. The third-order valence-corrected chi connectivity index (χ3v) is 6.29. The number of halogens is 2. The second kappa shape index (κ2) is 9.56. The quantitative estimate of drug-likeness (QED) is 0.377. The highest BCUT2D eigenvalue weighted by atomic mass is 35.5. The van der Waals surface area contributed by atoms with Crippen molar-refractivity contribution in [3.8, 4) is 17.3 Å². The van der Waals surface area contributed by atoms with Crippen LogP contribution in [-0.4, -0.2) is 33.0 Å². The molecule has 0 fully saturated rings. The molecule has 2 aromatic heterocycles. The number of amides is 1. The average molecular weight is 510 g/mol. The molecule has 10 heteroatoms. The third kappa shape index (κ3) is 4.67. The number of ether oxygens (including phenoxy) is 2. The van der Waals surface area contributed by atoms with Crippen LogP contribution in [0.1, 0.15) is 34.7 Å². The summed E-state index contributed by atoms with van der Waals surface area (Å²) in [6.45, 7) is 2.28. The van der Waals surface area contributed by atoms with Gasteiger partial charge in [-0.1, -0.05) is 41.4 Å². The Hall–Kier alpha value is -3.62. The van der Waals surface area contributed by atoms with Gasteiger partial charge in [-0.3, -0.25) is 4.79 Å². The number of carbonyl (C=O) groups excluding carboxylic acids is 1. The van der Waals surface area contributed by atoms with Gasteiger partial charge < -0.3 is 14.8 Å². The summed E-state index contributed by atoms with van der Waals surface area (Å²) in [5, 5.41) is 16.5. The normalized spacial score (nSPS) is 14.9. The number of aryl methyl sites for hydroxylation is 1. The molecule has 3 heterocycles. The number of nitrogens with zero attached hydrogens (tertiary/aromatic N) is 4. The van der Waals surface area contributed by atoms with Gasteiger partial charge in [0.15, 0.2) is 22.5 Å². The van der Waals surface area contributed by atoms with Gasteiger partial charge in [0.05, 0.1) is 12.8 Å². The SMILES string of the molecule is COc1cc(C2CC(=O)Nc3c2c(C)nn3-c2ccc(Cl)nn2)ccc1OCc1ccc(Cl)cc1. The van der Waals surface area contributed by atoms with E-state index in [0.29, 0.717) is 34.8 Å². The minimum Gasteiger partial charge on any atom is -0.493 e. The molecule has 0 saturated carbocycles. The van der Waals surface area contributed by atoms with E-state index in [4.69, 9.17) is 32.7 Å². The van der Waals surface area contributed by atoms with Crippen LogP contribution in [0.2, 0.25) is 10.2 Å². The molecule has 1 aliphatic heterocycles. The number of hydrogen-bond acceptors (Lipinski definition) is 6. The smallest absolute Gasteiger partial charge is 0.226 e. The minimum absolute atomic E-state index is 0.118. The highest BCUT2D eigenvalue weighted by Crippen LogP contribution is 2.42. The average Bonchev–Trinajstić information content (AvgIpc) is 3.19. The largest absolute Gasteiger partial charge is 0.493 e. The molecule has 8 nitrogen and oxygen atoms in total. The number of benzene rings is 2. The third-order valence-electron chi connectivity index (χ3n) is 5.84. The van der Waals surface area contributed by atoms with Crippen molar-refractivity contribution in [1.82, 2.24) is 20.0 Å².